The van der Waals surface area contributed by atoms with Gasteiger partial charge in [0, 0.05) is 18.1 Å². The fraction of sp³-hybridized carbons (Fsp3) is 0.158. The van der Waals surface area contributed by atoms with Crippen LogP contribution in [-0.2, 0) is 7.05 Å². The van der Waals surface area contributed by atoms with Gasteiger partial charge < -0.3 is 5.32 Å². The third-order valence-electron chi connectivity index (χ3n) is 5.07. The molecule has 0 bridgehead atoms. The number of hydrogen-bond donors (Lipinski definition) is 2. The minimum absolute atomic E-state index is 0.206. The van der Waals surface area contributed by atoms with Gasteiger partial charge in [-0.1, -0.05) is 12.1 Å². The summed E-state index contributed by atoms with van der Waals surface area (Å²) in [5, 5.41) is 14.9. The van der Waals surface area contributed by atoms with Gasteiger partial charge in [-0.25, -0.2) is 18.9 Å². The Labute approximate surface area is 157 Å². The Bertz CT molecular complexity index is 1260. The van der Waals surface area contributed by atoms with Crippen LogP contribution in [0.1, 0.15) is 29.0 Å². The lowest BCUT2D eigenvalue weighted by Crippen LogP contribution is -2.30. The molecule has 4 aromatic rings. The molecule has 0 unspecified atom stereocenters. The van der Waals surface area contributed by atoms with E-state index in [1.54, 1.807) is 23.9 Å². The number of nitrogens with zero attached hydrogens (tertiary/aromatic N) is 4. The molecule has 0 aliphatic carbocycles. The van der Waals surface area contributed by atoms with Crippen molar-refractivity contribution in [2.75, 3.05) is 5.32 Å². The molecular weight excluding hydrogens is 365 g/mol. The van der Waals surface area contributed by atoms with E-state index in [0.29, 0.717) is 22.6 Å². The average Bonchev–Trinajstić information content (AvgIpc) is 3.10. The average molecular weight is 379 g/mol. The predicted octanol–water partition coefficient (Wildman–Crippen LogP) is 2.63. The molecule has 2 aromatic carbocycles. The second kappa shape index (κ2) is 5.95. The highest BCUT2D eigenvalue weighted by atomic mass is 19.1. The highest BCUT2D eigenvalue weighted by Gasteiger charge is 2.37. The zero-order valence-corrected chi connectivity index (χ0v) is 14.6. The van der Waals surface area contributed by atoms with Gasteiger partial charge in [0.2, 0.25) is 0 Å². The lowest BCUT2D eigenvalue weighted by Gasteiger charge is -2.33. The van der Waals surface area contributed by atoms with Gasteiger partial charge in [0.1, 0.15) is 23.8 Å². The smallest absolute Gasteiger partial charge is 0.272 e. The SMILES string of the molecule is Cn1ncnc1[C@H]1c2n[nH]c(=O)c3cc([18F])cc(c23)N[C@@H]1c1ccc(F)cc1. The fourth-order valence-corrected chi connectivity index (χ4v) is 3.84. The molecule has 2 N–H and O–H groups in total. The first kappa shape index (κ1) is 16.5. The topological polar surface area (TPSA) is 88.5 Å². The molecule has 5 rings (SSSR count). The van der Waals surface area contributed by atoms with E-state index in [0.717, 1.165) is 5.56 Å². The van der Waals surface area contributed by atoms with Crippen LogP contribution >= 0.6 is 0 Å². The molecular formula is C19H14F2N6O. The maximum absolute atomic E-state index is 14.1. The normalized spacial score (nSPS) is 18.2. The Morgan fingerprint density at radius 2 is 1.89 bits per heavy atom. The molecule has 9 heteroatoms. The number of nitrogens with one attached hydrogen (secondary N) is 2. The third-order valence-corrected chi connectivity index (χ3v) is 5.07. The lowest BCUT2D eigenvalue weighted by molar-refractivity contribution is 0.562. The molecule has 1 aliphatic heterocycles. The van der Waals surface area contributed by atoms with Gasteiger partial charge in [-0.15, -0.1) is 0 Å². The maximum atomic E-state index is 14.1. The molecule has 0 radical (unpaired) electrons. The van der Waals surface area contributed by atoms with Gasteiger partial charge in [0.25, 0.3) is 5.56 Å². The van der Waals surface area contributed by atoms with Crippen molar-refractivity contribution in [1.82, 2.24) is 25.0 Å². The van der Waals surface area contributed by atoms with Crippen LogP contribution in [0.2, 0.25) is 0 Å². The van der Waals surface area contributed by atoms with Crippen LogP contribution < -0.4 is 10.9 Å². The van der Waals surface area contributed by atoms with Crippen LogP contribution in [0.5, 0.6) is 0 Å². The van der Waals surface area contributed by atoms with Crippen LogP contribution in [0.4, 0.5) is 14.5 Å². The predicted molar refractivity (Wildman–Crippen MR) is 97.9 cm³/mol. The van der Waals surface area contributed by atoms with Gasteiger partial charge in [-0.05, 0) is 29.8 Å². The summed E-state index contributed by atoms with van der Waals surface area (Å²) in [4.78, 5) is 16.6. The lowest BCUT2D eigenvalue weighted by atomic mass is 9.83. The third kappa shape index (κ3) is 2.39. The highest BCUT2D eigenvalue weighted by molar-refractivity contribution is 5.97. The highest BCUT2D eigenvalue weighted by Crippen LogP contribution is 2.45. The van der Waals surface area contributed by atoms with Gasteiger partial charge in [-0.3, -0.25) is 9.48 Å². The van der Waals surface area contributed by atoms with Crippen LogP contribution in [0.25, 0.3) is 10.8 Å². The number of H-pyrrole nitrogens is 1. The number of anilines is 1. The molecule has 0 fully saturated rings. The standard InChI is InChI=1S/C19H14F2N6O/c1-27-18(22-8-23-27)15-16(9-2-4-10(20)5-3-9)24-13-7-11(21)6-12-14(13)17(15)25-26-19(12)28/h2-8,15-16,24H,1H3,(H,26,28)/t15-,16-/m1/s1/i21-1. The quantitative estimate of drug-likeness (QED) is 0.559. The van der Waals surface area contributed by atoms with E-state index < -0.39 is 23.3 Å². The summed E-state index contributed by atoms with van der Waals surface area (Å²) in [7, 11) is 1.76. The van der Waals surface area contributed by atoms with Crippen molar-refractivity contribution in [3.8, 4) is 0 Å². The van der Waals surface area contributed by atoms with E-state index in [4.69, 9.17) is 0 Å². The molecule has 0 saturated carbocycles. The Kier molecular flexibility index (Phi) is 3.51. The minimum Gasteiger partial charge on any atom is -0.376 e. The van der Waals surface area contributed by atoms with E-state index in [1.165, 1.54) is 30.6 Å². The number of aromatic amines is 1. The van der Waals surface area contributed by atoms with Gasteiger partial charge >= 0.3 is 0 Å². The van der Waals surface area contributed by atoms with Gasteiger partial charge in [-0.2, -0.15) is 10.2 Å². The first-order valence-corrected chi connectivity index (χ1v) is 8.60. The number of benzene rings is 2. The van der Waals surface area contributed by atoms with Crippen molar-refractivity contribution in [3.63, 3.8) is 0 Å². The van der Waals surface area contributed by atoms with E-state index >= 15 is 0 Å². The summed E-state index contributed by atoms with van der Waals surface area (Å²) in [6, 6.07) is 8.14. The molecule has 7 nitrogen and oxygen atoms in total. The monoisotopic (exact) mass is 379 g/mol. The molecule has 0 amide bonds. The number of halogens is 2. The van der Waals surface area contributed by atoms with E-state index in [2.05, 4.69) is 25.6 Å². The molecule has 3 heterocycles. The van der Waals surface area contributed by atoms with Crippen LogP contribution in [0.3, 0.4) is 0 Å². The molecule has 1 aliphatic rings. The van der Waals surface area contributed by atoms with Gasteiger partial charge in [0.05, 0.1) is 23.0 Å². The molecule has 0 saturated heterocycles. The van der Waals surface area contributed by atoms with Crippen molar-refractivity contribution in [1.29, 1.82) is 0 Å². The van der Waals surface area contributed by atoms with E-state index in [-0.39, 0.29) is 11.2 Å². The van der Waals surface area contributed by atoms with Crippen LogP contribution in [0.15, 0.2) is 47.5 Å². The zero-order chi connectivity index (χ0) is 19.4. The Morgan fingerprint density at radius 3 is 2.61 bits per heavy atom. The molecule has 28 heavy (non-hydrogen) atoms. The Balaban J connectivity index is 1.82. The summed E-state index contributed by atoms with van der Waals surface area (Å²) in [6.07, 6.45) is 1.43. The Morgan fingerprint density at radius 1 is 1.11 bits per heavy atom. The van der Waals surface area contributed by atoms with Crippen molar-refractivity contribution in [2.45, 2.75) is 12.0 Å². The number of aromatic nitrogens is 5. The van der Waals surface area contributed by atoms with E-state index in [1.807, 2.05) is 0 Å². The van der Waals surface area contributed by atoms with Crippen LogP contribution in [-0.4, -0.2) is 25.0 Å². The van der Waals surface area contributed by atoms with Crippen molar-refractivity contribution in [2.24, 2.45) is 7.05 Å². The number of hydrogen-bond acceptors (Lipinski definition) is 5. The van der Waals surface area contributed by atoms with Crippen molar-refractivity contribution < 1.29 is 8.78 Å². The molecule has 2 aromatic heterocycles. The number of rotatable bonds is 2. The van der Waals surface area contributed by atoms with E-state index in [9.17, 15) is 13.6 Å². The zero-order valence-electron chi connectivity index (χ0n) is 14.6. The summed E-state index contributed by atoms with van der Waals surface area (Å²) in [5.74, 6) is -0.716. The fourth-order valence-electron chi connectivity index (χ4n) is 3.84. The second-order valence-corrected chi connectivity index (χ2v) is 6.71. The summed E-state index contributed by atoms with van der Waals surface area (Å²) in [5.41, 5.74) is 1.30. The molecule has 140 valence electrons. The summed E-state index contributed by atoms with van der Waals surface area (Å²) in [6.45, 7) is 0. The van der Waals surface area contributed by atoms with Crippen LogP contribution in [0, 0.1) is 11.6 Å². The Hall–Kier alpha value is -3.62. The molecule has 0 spiro atoms. The summed E-state index contributed by atoms with van der Waals surface area (Å²) >= 11 is 0. The molecule has 2 atom stereocenters. The van der Waals surface area contributed by atoms with Crippen molar-refractivity contribution in [3.05, 3.63) is 81.8 Å². The minimum atomic E-state index is -0.535. The first-order valence-electron chi connectivity index (χ1n) is 8.60. The number of aryl methyl sites for hydroxylation is 1. The summed E-state index contributed by atoms with van der Waals surface area (Å²) < 4.78 is 29.2. The maximum Gasteiger partial charge on any atom is 0.272 e. The second-order valence-electron chi connectivity index (χ2n) is 6.71. The first-order chi connectivity index (χ1) is 13.5. The van der Waals surface area contributed by atoms with Gasteiger partial charge in [0.15, 0.2) is 0 Å². The largest absolute Gasteiger partial charge is 0.376 e. The van der Waals surface area contributed by atoms with Crippen molar-refractivity contribution >= 4 is 16.5 Å².